The molecule has 0 aliphatic carbocycles. The van der Waals surface area contributed by atoms with E-state index in [2.05, 4.69) is 10.3 Å². The summed E-state index contributed by atoms with van der Waals surface area (Å²) in [6, 6.07) is 3.85. The van der Waals surface area contributed by atoms with Crippen molar-refractivity contribution in [2.24, 2.45) is 0 Å². The van der Waals surface area contributed by atoms with Crippen LogP contribution in [-0.4, -0.2) is 28.9 Å². The van der Waals surface area contributed by atoms with E-state index in [-0.39, 0.29) is 6.54 Å². The molecule has 2 aromatic heterocycles. The van der Waals surface area contributed by atoms with Gasteiger partial charge in [-0.25, -0.2) is 4.98 Å². The van der Waals surface area contributed by atoms with Crippen LogP contribution in [0.1, 0.15) is 5.69 Å². The highest BCUT2D eigenvalue weighted by Crippen LogP contribution is 2.27. The van der Waals surface area contributed by atoms with Crippen molar-refractivity contribution in [3.05, 3.63) is 28.6 Å². The highest BCUT2D eigenvalue weighted by Gasteiger charge is 2.37. The average Bonchev–Trinajstić information content (AvgIpc) is 2.97. The van der Waals surface area contributed by atoms with Crippen LogP contribution in [0.3, 0.4) is 0 Å². The second kappa shape index (κ2) is 6.00. The van der Waals surface area contributed by atoms with Crippen LogP contribution in [0.2, 0.25) is 0 Å². The summed E-state index contributed by atoms with van der Waals surface area (Å²) in [4.78, 5) is 5.35. The van der Waals surface area contributed by atoms with Crippen LogP contribution in [0.25, 0.3) is 9.88 Å². The highest BCUT2D eigenvalue weighted by molar-refractivity contribution is 7.20. The van der Waals surface area contributed by atoms with E-state index in [9.17, 15) is 13.2 Å². The lowest BCUT2D eigenvalue weighted by molar-refractivity contribution is -0.201. The smallest absolute Gasteiger partial charge is 0.382 e. The Kier molecular flexibility index (Phi) is 4.56. The maximum absolute atomic E-state index is 12.1. The minimum atomic E-state index is -4.59. The van der Waals surface area contributed by atoms with Gasteiger partial charge in [-0.05, 0) is 11.4 Å². The molecular weight excluding hydrogens is 297 g/mol. The Bertz CT molecular complexity index is 510. The topological polar surface area (TPSA) is 45.1 Å². The molecule has 0 aliphatic heterocycles. The number of thiazole rings is 1. The predicted octanol–water partition coefficient (Wildman–Crippen LogP) is 2.88. The van der Waals surface area contributed by atoms with Crippen molar-refractivity contribution in [3.8, 4) is 9.88 Å². The van der Waals surface area contributed by atoms with Crippen LogP contribution in [0.15, 0.2) is 22.9 Å². The molecular formula is C11H11F3N2OS2. The molecule has 2 heterocycles. The number of hydrogen-bond donors (Lipinski definition) is 2. The molecule has 0 aliphatic rings. The third kappa shape index (κ3) is 4.00. The molecule has 19 heavy (non-hydrogen) atoms. The van der Waals surface area contributed by atoms with Crippen LogP contribution in [0.4, 0.5) is 13.2 Å². The number of alkyl halides is 3. The molecule has 0 fully saturated rings. The second-order valence-electron chi connectivity index (χ2n) is 3.81. The first-order chi connectivity index (χ1) is 8.97. The summed E-state index contributed by atoms with van der Waals surface area (Å²) in [5.41, 5.74) is 0.669. The van der Waals surface area contributed by atoms with Crippen molar-refractivity contribution >= 4 is 22.7 Å². The third-order valence-electron chi connectivity index (χ3n) is 2.31. The molecule has 0 saturated carbocycles. The van der Waals surface area contributed by atoms with Crippen molar-refractivity contribution in [3.63, 3.8) is 0 Å². The van der Waals surface area contributed by atoms with E-state index < -0.39 is 18.8 Å². The Morgan fingerprint density at radius 2 is 2.16 bits per heavy atom. The lowest BCUT2D eigenvalue weighted by Crippen LogP contribution is -2.38. The molecule has 0 bridgehead atoms. The van der Waals surface area contributed by atoms with Gasteiger partial charge >= 0.3 is 6.18 Å². The first-order valence-corrected chi connectivity index (χ1v) is 7.16. The monoisotopic (exact) mass is 308 g/mol. The van der Waals surface area contributed by atoms with Crippen LogP contribution >= 0.6 is 22.7 Å². The Morgan fingerprint density at radius 1 is 1.37 bits per heavy atom. The molecule has 8 heteroatoms. The van der Waals surface area contributed by atoms with Gasteiger partial charge in [0.1, 0.15) is 5.01 Å². The van der Waals surface area contributed by atoms with Crippen molar-refractivity contribution in [1.29, 1.82) is 0 Å². The van der Waals surface area contributed by atoms with Crippen LogP contribution in [0, 0.1) is 0 Å². The molecule has 0 aromatic carbocycles. The number of aliphatic hydroxyl groups is 1. The minimum absolute atomic E-state index is 0.203. The molecule has 1 atom stereocenters. The molecule has 3 nitrogen and oxygen atoms in total. The molecule has 0 spiro atoms. The Hall–Kier alpha value is -0.960. The first kappa shape index (κ1) is 14.4. The molecule has 0 radical (unpaired) electrons. The van der Waals surface area contributed by atoms with Gasteiger partial charge in [-0.15, -0.1) is 22.7 Å². The third-order valence-corrected chi connectivity index (χ3v) is 4.24. The minimum Gasteiger partial charge on any atom is -0.382 e. The van der Waals surface area contributed by atoms with Gasteiger partial charge in [0.15, 0.2) is 6.10 Å². The summed E-state index contributed by atoms with van der Waals surface area (Å²) in [5, 5.41) is 15.9. The quantitative estimate of drug-likeness (QED) is 0.893. The number of hydrogen-bond acceptors (Lipinski definition) is 5. The summed E-state index contributed by atoms with van der Waals surface area (Å²) in [5.74, 6) is 0. The standard InChI is InChI=1S/C11H11F3N2OS2/c12-11(13,14)9(17)5-15-4-7-6-19-10(16-7)8-2-1-3-18-8/h1-3,6,9,15,17H,4-5H2. The Balaban J connectivity index is 1.85. The number of rotatable bonds is 5. The normalized spacial score (nSPS) is 13.7. The van der Waals surface area contributed by atoms with Gasteiger partial charge in [0.05, 0.1) is 10.6 Å². The fraction of sp³-hybridized carbons (Fsp3) is 0.364. The van der Waals surface area contributed by atoms with Crippen molar-refractivity contribution in [1.82, 2.24) is 10.3 Å². The van der Waals surface area contributed by atoms with Crippen molar-refractivity contribution < 1.29 is 18.3 Å². The number of thiophene rings is 1. The maximum Gasteiger partial charge on any atom is 0.415 e. The van der Waals surface area contributed by atoms with Crippen LogP contribution < -0.4 is 5.32 Å². The molecule has 0 saturated heterocycles. The molecule has 2 rings (SSSR count). The van der Waals surface area contributed by atoms with E-state index in [1.54, 1.807) is 16.7 Å². The van der Waals surface area contributed by atoms with Crippen LogP contribution in [-0.2, 0) is 6.54 Å². The molecule has 2 aromatic rings. The SMILES string of the molecule is OC(CNCc1csc(-c2cccs2)n1)C(F)(F)F. The summed E-state index contributed by atoms with van der Waals surface area (Å²) < 4.78 is 36.2. The zero-order valence-electron chi connectivity index (χ0n) is 9.65. The van der Waals surface area contributed by atoms with Gasteiger partial charge in [0.25, 0.3) is 0 Å². The number of aliphatic hydroxyl groups excluding tert-OH is 1. The van der Waals surface area contributed by atoms with E-state index in [0.29, 0.717) is 5.69 Å². The summed E-state index contributed by atoms with van der Waals surface area (Å²) in [7, 11) is 0. The van der Waals surface area contributed by atoms with Crippen molar-refractivity contribution in [2.75, 3.05) is 6.54 Å². The van der Waals surface area contributed by atoms with Gasteiger partial charge in [0, 0.05) is 18.5 Å². The second-order valence-corrected chi connectivity index (χ2v) is 5.62. The maximum atomic E-state index is 12.1. The van der Waals surface area contributed by atoms with Crippen LogP contribution in [0.5, 0.6) is 0 Å². The van der Waals surface area contributed by atoms with Gasteiger partial charge in [-0.2, -0.15) is 13.2 Å². The van der Waals surface area contributed by atoms with Crippen molar-refractivity contribution in [2.45, 2.75) is 18.8 Å². The highest BCUT2D eigenvalue weighted by atomic mass is 32.1. The Morgan fingerprint density at radius 3 is 2.79 bits per heavy atom. The lowest BCUT2D eigenvalue weighted by atomic mass is 10.3. The van der Waals surface area contributed by atoms with Gasteiger partial charge in [0.2, 0.25) is 0 Å². The average molecular weight is 308 g/mol. The number of nitrogens with zero attached hydrogens (tertiary/aromatic N) is 1. The fourth-order valence-electron chi connectivity index (χ4n) is 1.35. The fourth-order valence-corrected chi connectivity index (χ4v) is 2.99. The Labute approximate surface area is 115 Å². The summed E-state index contributed by atoms with van der Waals surface area (Å²) in [6.07, 6.45) is -6.93. The van der Waals surface area contributed by atoms with Gasteiger partial charge < -0.3 is 10.4 Å². The van der Waals surface area contributed by atoms with E-state index in [4.69, 9.17) is 5.11 Å². The summed E-state index contributed by atoms with van der Waals surface area (Å²) >= 11 is 3.01. The van der Waals surface area contributed by atoms with Gasteiger partial charge in [-0.3, -0.25) is 0 Å². The largest absolute Gasteiger partial charge is 0.415 e. The molecule has 0 amide bonds. The number of aromatic nitrogens is 1. The zero-order chi connectivity index (χ0) is 13.9. The molecule has 2 N–H and O–H groups in total. The van der Waals surface area contributed by atoms with E-state index in [1.165, 1.54) is 11.3 Å². The molecule has 104 valence electrons. The van der Waals surface area contributed by atoms with E-state index >= 15 is 0 Å². The van der Waals surface area contributed by atoms with E-state index in [0.717, 1.165) is 9.88 Å². The van der Waals surface area contributed by atoms with Gasteiger partial charge in [-0.1, -0.05) is 6.07 Å². The number of halogens is 3. The molecule has 1 unspecified atom stereocenters. The predicted molar refractivity (Wildman–Crippen MR) is 69.2 cm³/mol. The number of nitrogens with one attached hydrogen (secondary N) is 1. The van der Waals surface area contributed by atoms with E-state index in [1.807, 2.05) is 17.5 Å². The first-order valence-electron chi connectivity index (χ1n) is 5.40. The lowest BCUT2D eigenvalue weighted by Gasteiger charge is -2.14. The summed E-state index contributed by atoms with van der Waals surface area (Å²) in [6.45, 7) is -0.329. The zero-order valence-corrected chi connectivity index (χ0v) is 11.3.